The number of carbonyl (C=O) groups is 2. The van der Waals surface area contributed by atoms with Gasteiger partial charge in [0.25, 0.3) is 11.8 Å². The highest BCUT2D eigenvalue weighted by molar-refractivity contribution is 6.36. The van der Waals surface area contributed by atoms with Crippen LogP contribution in [0.4, 0.5) is 14.5 Å². The maximum atomic E-state index is 13.7. The van der Waals surface area contributed by atoms with E-state index in [4.69, 9.17) is 4.74 Å². The van der Waals surface area contributed by atoms with E-state index < -0.39 is 23.4 Å². The Kier molecular flexibility index (Phi) is 5.49. The standard InChI is InChI=1S/C24H18F2N2O3/c1-31-20-10-6-5-9-16(20)14-28-23(29)21(15-7-3-2-4-8-15)22(24(28)30)27-17-11-12-18(25)19(26)13-17/h2-13,27H,14H2,1H3. The van der Waals surface area contributed by atoms with Gasteiger partial charge >= 0.3 is 0 Å². The van der Waals surface area contributed by atoms with Gasteiger partial charge in [-0.15, -0.1) is 0 Å². The number of carbonyl (C=O) groups excluding carboxylic acids is 2. The number of nitrogens with zero attached hydrogens (tertiary/aromatic N) is 1. The zero-order chi connectivity index (χ0) is 22.0. The highest BCUT2D eigenvalue weighted by Gasteiger charge is 2.39. The first-order valence-corrected chi connectivity index (χ1v) is 9.49. The summed E-state index contributed by atoms with van der Waals surface area (Å²) in [7, 11) is 1.51. The van der Waals surface area contributed by atoms with Crippen molar-refractivity contribution < 1.29 is 23.1 Å². The minimum absolute atomic E-state index is 0.000965. The van der Waals surface area contributed by atoms with Gasteiger partial charge in [0.15, 0.2) is 11.6 Å². The number of ether oxygens (including phenoxy) is 1. The van der Waals surface area contributed by atoms with E-state index in [-0.39, 0.29) is 23.5 Å². The first-order chi connectivity index (χ1) is 15.0. The van der Waals surface area contributed by atoms with Gasteiger partial charge in [-0.25, -0.2) is 8.78 Å². The molecule has 0 atom stereocenters. The molecule has 0 unspecified atom stereocenters. The van der Waals surface area contributed by atoms with Gasteiger partial charge in [0, 0.05) is 17.3 Å². The molecule has 0 bridgehead atoms. The smallest absolute Gasteiger partial charge is 0.278 e. The summed E-state index contributed by atoms with van der Waals surface area (Å²) in [5.41, 5.74) is 1.51. The van der Waals surface area contributed by atoms with E-state index >= 15 is 0 Å². The second-order valence-electron chi connectivity index (χ2n) is 6.88. The summed E-state index contributed by atoms with van der Waals surface area (Å²) < 4.78 is 32.3. The summed E-state index contributed by atoms with van der Waals surface area (Å²) in [6.45, 7) is 0.000965. The van der Waals surface area contributed by atoms with Crippen LogP contribution in [0.5, 0.6) is 5.75 Å². The van der Waals surface area contributed by atoms with E-state index in [1.807, 2.05) is 0 Å². The summed E-state index contributed by atoms with van der Waals surface area (Å²) in [5.74, 6) is -2.58. The van der Waals surface area contributed by atoms with E-state index in [0.29, 0.717) is 16.9 Å². The monoisotopic (exact) mass is 420 g/mol. The van der Waals surface area contributed by atoms with Crippen molar-refractivity contribution >= 4 is 23.1 Å². The molecule has 5 nitrogen and oxygen atoms in total. The van der Waals surface area contributed by atoms with Gasteiger partial charge < -0.3 is 10.1 Å². The number of halogens is 2. The number of hydrogen-bond donors (Lipinski definition) is 1. The molecule has 0 aliphatic carbocycles. The Morgan fingerprint density at radius 2 is 1.58 bits per heavy atom. The predicted octanol–water partition coefficient (Wildman–Crippen LogP) is 4.37. The minimum Gasteiger partial charge on any atom is -0.496 e. The van der Waals surface area contributed by atoms with Crippen LogP contribution in [-0.4, -0.2) is 23.8 Å². The second kappa shape index (κ2) is 8.39. The van der Waals surface area contributed by atoms with Crippen LogP contribution in [0.1, 0.15) is 11.1 Å². The van der Waals surface area contributed by atoms with Crippen molar-refractivity contribution in [1.82, 2.24) is 4.90 Å². The van der Waals surface area contributed by atoms with Crippen molar-refractivity contribution in [3.63, 3.8) is 0 Å². The van der Waals surface area contributed by atoms with E-state index in [1.54, 1.807) is 54.6 Å². The quantitative estimate of drug-likeness (QED) is 0.602. The Hall–Kier alpha value is -4.00. The molecule has 0 spiro atoms. The molecule has 1 N–H and O–H groups in total. The molecule has 2 amide bonds. The van der Waals surface area contributed by atoms with Crippen molar-refractivity contribution in [2.45, 2.75) is 6.54 Å². The first kappa shape index (κ1) is 20.3. The Morgan fingerprint density at radius 3 is 2.29 bits per heavy atom. The van der Waals surface area contributed by atoms with Crippen LogP contribution in [0.3, 0.4) is 0 Å². The lowest BCUT2D eigenvalue weighted by molar-refractivity contribution is -0.137. The third kappa shape index (κ3) is 3.90. The zero-order valence-electron chi connectivity index (χ0n) is 16.6. The second-order valence-corrected chi connectivity index (χ2v) is 6.88. The van der Waals surface area contributed by atoms with Crippen LogP contribution >= 0.6 is 0 Å². The van der Waals surface area contributed by atoms with Gasteiger partial charge in [-0.2, -0.15) is 0 Å². The molecule has 31 heavy (non-hydrogen) atoms. The highest BCUT2D eigenvalue weighted by Crippen LogP contribution is 2.32. The molecule has 0 saturated carbocycles. The summed E-state index contributed by atoms with van der Waals surface area (Å²) in [6.07, 6.45) is 0. The molecular weight excluding hydrogens is 402 g/mol. The fourth-order valence-corrected chi connectivity index (χ4v) is 3.43. The number of benzene rings is 3. The third-order valence-corrected chi connectivity index (χ3v) is 4.94. The molecule has 156 valence electrons. The molecule has 3 aromatic rings. The van der Waals surface area contributed by atoms with Crippen molar-refractivity contribution in [2.24, 2.45) is 0 Å². The molecule has 0 fully saturated rings. The van der Waals surface area contributed by atoms with Crippen molar-refractivity contribution in [2.75, 3.05) is 12.4 Å². The summed E-state index contributed by atoms with van der Waals surface area (Å²) >= 11 is 0. The first-order valence-electron chi connectivity index (χ1n) is 9.49. The maximum Gasteiger partial charge on any atom is 0.278 e. The summed E-state index contributed by atoms with van der Waals surface area (Å²) in [4.78, 5) is 27.6. The van der Waals surface area contributed by atoms with Crippen LogP contribution in [-0.2, 0) is 16.1 Å². The normalized spacial score (nSPS) is 13.7. The number of amides is 2. The number of imide groups is 1. The highest BCUT2D eigenvalue weighted by atomic mass is 19.2. The molecule has 4 rings (SSSR count). The van der Waals surface area contributed by atoms with Crippen LogP contribution in [0.15, 0.2) is 78.5 Å². The topological polar surface area (TPSA) is 58.6 Å². The molecule has 1 heterocycles. The van der Waals surface area contributed by atoms with Gasteiger partial charge in [0.2, 0.25) is 0 Å². The van der Waals surface area contributed by atoms with Gasteiger partial charge in [-0.3, -0.25) is 14.5 Å². The summed E-state index contributed by atoms with van der Waals surface area (Å²) in [6, 6.07) is 19.0. The molecule has 0 radical (unpaired) electrons. The van der Waals surface area contributed by atoms with Crippen LogP contribution in [0, 0.1) is 11.6 Å². The predicted molar refractivity (Wildman–Crippen MR) is 112 cm³/mol. The zero-order valence-corrected chi connectivity index (χ0v) is 16.6. The molecule has 0 saturated heterocycles. The van der Waals surface area contributed by atoms with Gasteiger partial charge in [0.05, 0.1) is 19.2 Å². The molecule has 1 aliphatic heterocycles. The lowest BCUT2D eigenvalue weighted by atomic mass is 10.0. The number of methoxy groups -OCH3 is 1. The van der Waals surface area contributed by atoms with Gasteiger partial charge in [0.1, 0.15) is 11.4 Å². The minimum atomic E-state index is -1.06. The molecule has 3 aromatic carbocycles. The van der Waals surface area contributed by atoms with Crippen molar-refractivity contribution in [3.8, 4) is 5.75 Å². The lowest BCUT2D eigenvalue weighted by Crippen LogP contribution is -2.32. The number of anilines is 1. The maximum absolute atomic E-state index is 13.7. The Labute approximate surface area is 177 Å². The number of nitrogens with one attached hydrogen (secondary N) is 1. The van der Waals surface area contributed by atoms with E-state index in [0.717, 1.165) is 17.0 Å². The number of para-hydroxylation sites is 1. The van der Waals surface area contributed by atoms with E-state index in [1.165, 1.54) is 13.2 Å². The SMILES string of the molecule is COc1ccccc1CN1C(=O)C(Nc2ccc(F)c(F)c2)=C(c2ccccc2)C1=O. The van der Waals surface area contributed by atoms with Crippen molar-refractivity contribution in [3.05, 3.63) is 101 Å². The van der Waals surface area contributed by atoms with Gasteiger partial charge in [-0.05, 0) is 23.8 Å². The summed E-state index contributed by atoms with van der Waals surface area (Å²) in [5, 5.41) is 2.81. The Balaban J connectivity index is 1.74. The molecule has 7 heteroatoms. The molecular formula is C24H18F2N2O3. The largest absolute Gasteiger partial charge is 0.496 e. The number of hydrogen-bond acceptors (Lipinski definition) is 4. The third-order valence-electron chi connectivity index (χ3n) is 4.94. The Bertz CT molecular complexity index is 1190. The Morgan fingerprint density at radius 1 is 0.871 bits per heavy atom. The lowest BCUT2D eigenvalue weighted by Gasteiger charge is -2.17. The van der Waals surface area contributed by atoms with Gasteiger partial charge in [-0.1, -0.05) is 48.5 Å². The van der Waals surface area contributed by atoms with E-state index in [2.05, 4.69) is 5.32 Å². The van der Waals surface area contributed by atoms with Crippen LogP contribution in [0.2, 0.25) is 0 Å². The molecule has 0 aromatic heterocycles. The van der Waals surface area contributed by atoms with E-state index in [9.17, 15) is 18.4 Å². The fraction of sp³-hybridized carbons (Fsp3) is 0.0833. The average Bonchev–Trinajstić information content (AvgIpc) is 3.01. The van der Waals surface area contributed by atoms with Crippen LogP contribution < -0.4 is 10.1 Å². The fourth-order valence-electron chi connectivity index (χ4n) is 3.43. The molecule has 1 aliphatic rings. The van der Waals surface area contributed by atoms with Crippen LogP contribution in [0.25, 0.3) is 5.57 Å². The number of rotatable bonds is 6. The average molecular weight is 420 g/mol. The van der Waals surface area contributed by atoms with Crippen molar-refractivity contribution in [1.29, 1.82) is 0 Å².